The standard InChI is InChI=1S/C49H52N2O2/c1-7-10-12-20-34-49(45-29-18-19-31-47(45)53,38(5)32-33-40(9-3)50-35-11-8-2)39(6)43(28-22-36-52)44-27-21-30-46(51-41-24-14-13-15-25-41)48(44)42-26-17-16-23-37(42)4/h7-15,17-22,24-36,38,50-53H,1-2,6,16,23H2,3-5H3/b12-10-,33-32-,34-20-,35-11-,36-22-,40-9+,43-28+. The summed E-state index contributed by atoms with van der Waals surface area (Å²) >= 11 is 0. The Labute approximate surface area is 316 Å². The minimum Gasteiger partial charge on any atom is -0.516 e. The van der Waals surface area contributed by atoms with E-state index in [1.165, 1.54) is 5.57 Å². The third-order valence-corrected chi connectivity index (χ3v) is 9.42. The molecule has 4 heteroatoms. The Hall–Kier alpha value is -6.26. The van der Waals surface area contributed by atoms with Gasteiger partial charge in [-0.1, -0.05) is 148 Å². The second kappa shape index (κ2) is 20.0. The number of nitrogens with one attached hydrogen (secondary N) is 2. The van der Waals surface area contributed by atoms with E-state index in [1.54, 1.807) is 24.3 Å². The Morgan fingerprint density at radius 2 is 1.66 bits per heavy atom. The van der Waals surface area contributed by atoms with Gasteiger partial charge in [0.2, 0.25) is 0 Å². The highest BCUT2D eigenvalue weighted by atomic mass is 16.3. The maximum atomic E-state index is 11.7. The van der Waals surface area contributed by atoms with Crippen LogP contribution in [0, 0.1) is 5.92 Å². The Kier molecular flexibility index (Phi) is 14.9. The van der Waals surface area contributed by atoms with Crippen LogP contribution in [0.5, 0.6) is 5.75 Å². The summed E-state index contributed by atoms with van der Waals surface area (Å²) < 4.78 is 0. The summed E-state index contributed by atoms with van der Waals surface area (Å²) in [4.78, 5) is 0. The van der Waals surface area contributed by atoms with E-state index in [2.05, 4.69) is 86.2 Å². The second-order valence-corrected chi connectivity index (χ2v) is 12.8. The molecule has 0 radical (unpaired) electrons. The topological polar surface area (TPSA) is 64.5 Å². The number of rotatable bonds is 17. The molecule has 3 aromatic rings. The number of hydrogen-bond acceptors (Lipinski definition) is 4. The van der Waals surface area contributed by atoms with Crippen LogP contribution in [0.4, 0.5) is 11.4 Å². The Morgan fingerprint density at radius 1 is 0.906 bits per heavy atom. The lowest BCUT2D eigenvalue weighted by atomic mass is 9.62. The normalized spacial score (nSPS) is 15.8. The van der Waals surface area contributed by atoms with Crippen molar-refractivity contribution in [1.29, 1.82) is 0 Å². The minimum absolute atomic E-state index is 0.148. The van der Waals surface area contributed by atoms with Crippen molar-refractivity contribution in [2.45, 2.75) is 39.0 Å². The molecule has 4 nitrogen and oxygen atoms in total. The van der Waals surface area contributed by atoms with E-state index in [0.717, 1.165) is 64.0 Å². The molecule has 1 aliphatic rings. The highest BCUT2D eigenvalue weighted by Crippen LogP contribution is 2.51. The first-order valence-corrected chi connectivity index (χ1v) is 18.0. The van der Waals surface area contributed by atoms with E-state index < -0.39 is 5.41 Å². The van der Waals surface area contributed by atoms with Crippen LogP contribution in [0.25, 0.3) is 11.1 Å². The van der Waals surface area contributed by atoms with Crippen molar-refractivity contribution in [2.24, 2.45) is 5.92 Å². The van der Waals surface area contributed by atoms with E-state index in [1.807, 2.05) is 98.1 Å². The van der Waals surface area contributed by atoms with E-state index in [4.69, 9.17) is 6.58 Å². The summed E-state index contributed by atoms with van der Waals surface area (Å²) in [6.45, 7) is 18.8. The van der Waals surface area contributed by atoms with Gasteiger partial charge in [0, 0.05) is 39.8 Å². The number of allylic oxidation sites excluding steroid dienone is 18. The Balaban J connectivity index is 2.08. The smallest absolute Gasteiger partial charge is 0.120 e. The van der Waals surface area contributed by atoms with Crippen LogP contribution in [0.15, 0.2) is 207 Å². The molecule has 0 amide bonds. The van der Waals surface area contributed by atoms with Gasteiger partial charge in [0.15, 0.2) is 0 Å². The van der Waals surface area contributed by atoms with Crippen molar-refractivity contribution >= 4 is 22.5 Å². The number of anilines is 2. The Morgan fingerprint density at radius 3 is 2.36 bits per heavy atom. The molecule has 0 saturated carbocycles. The quantitative estimate of drug-likeness (QED) is 0.0836. The molecule has 1 aliphatic carbocycles. The van der Waals surface area contributed by atoms with E-state index in [9.17, 15) is 10.2 Å². The summed E-state index contributed by atoms with van der Waals surface area (Å²) in [5.74, 6) is -0.0991. The molecular weight excluding hydrogens is 649 g/mol. The average Bonchev–Trinajstić information content (AvgIpc) is 3.17. The SMILES string of the molecule is C=C/C=C\C=C/C(C(=C)/C(=C\C=C/O)c1cccc(Nc2ccccc2)c1C1=C(C)CCC=C1)(c1ccccc1O)C(C)/C=C\C(=C/C)N/C=C\C=C. The fraction of sp³-hybridized carbons (Fsp3) is 0.143. The van der Waals surface area contributed by atoms with Gasteiger partial charge in [-0.2, -0.15) is 0 Å². The number of aromatic hydroxyl groups is 1. The summed E-state index contributed by atoms with van der Waals surface area (Å²) in [5, 5.41) is 28.8. The molecule has 0 fully saturated rings. The molecule has 270 valence electrons. The van der Waals surface area contributed by atoms with Crippen LogP contribution < -0.4 is 10.6 Å². The van der Waals surface area contributed by atoms with E-state index in [-0.39, 0.29) is 11.7 Å². The largest absolute Gasteiger partial charge is 0.516 e. The van der Waals surface area contributed by atoms with Crippen LogP contribution in [0.2, 0.25) is 0 Å². The van der Waals surface area contributed by atoms with E-state index >= 15 is 0 Å². The summed E-state index contributed by atoms with van der Waals surface area (Å²) in [6, 6.07) is 23.8. The van der Waals surface area contributed by atoms with Crippen LogP contribution in [0.1, 0.15) is 50.3 Å². The zero-order valence-corrected chi connectivity index (χ0v) is 31.2. The zero-order chi connectivity index (χ0) is 38.1. The van der Waals surface area contributed by atoms with E-state index in [0.29, 0.717) is 5.56 Å². The lowest BCUT2D eigenvalue weighted by Crippen LogP contribution is -2.34. The number of para-hydroxylation sites is 2. The minimum atomic E-state index is -0.982. The van der Waals surface area contributed by atoms with Gasteiger partial charge in [0.05, 0.1) is 6.26 Å². The molecule has 3 aromatic carbocycles. The molecule has 0 saturated heterocycles. The monoisotopic (exact) mass is 700 g/mol. The van der Waals surface area contributed by atoms with Crippen molar-refractivity contribution in [3.05, 3.63) is 224 Å². The number of phenolic OH excluding ortho intramolecular Hbond substituents is 1. The van der Waals surface area contributed by atoms with Crippen LogP contribution in [0.3, 0.4) is 0 Å². The molecule has 0 heterocycles. The zero-order valence-electron chi connectivity index (χ0n) is 31.2. The van der Waals surface area contributed by atoms with Gasteiger partial charge in [-0.15, -0.1) is 0 Å². The summed E-state index contributed by atoms with van der Waals surface area (Å²) in [7, 11) is 0. The van der Waals surface area contributed by atoms with Crippen LogP contribution in [-0.2, 0) is 5.41 Å². The highest BCUT2D eigenvalue weighted by molar-refractivity contribution is 5.97. The molecule has 4 rings (SSSR count). The molecule has 0 aromatic heterocycles. The number of benzene rings is 3. The van der Waals surface area contributed by atoms with Gasteiger partial charge in [0.1, 0.15) is 5.75 Å². The average molecular weight is 701 g/mol. The molecule has 2 unspecified atom stereocenters. The molecule has 0 bridgehead atoms. The predicted molar refractivity (Wildman–Crippen MR) is 229 cm³/mol. The summed E-state index contributed by atoms with van der Waals surface area (Å²) in [6.07, 6.45) is 32.1. The van der Waals surface area contributed by atoms with Gasteiger partial charge in [-0.05, 0) is 97.4 Å². The third kappa shape index (κ3) is 9.75. The van der Waals surface area contributed by atoms with Crippen molar-refractivity contribution in [2.75, 3.05) is 5.32 Å². The molecular formula is C49H52N2O2. The Bertz CT molecular complexity index is 2030. The number of aliphatic hydroxyl groups excluding tert-OH is 1. The number of aliphatic hydroxyl groups is 1. The molecule has 2 atom stereocenters. The van der Waals surface area contributed by atoms with Crippen molar-refractivity contribution in [3.63, 3.8) is 0 Å². The van der Waals surface area contributed by atoms with Crippen molar-refractivity contribution in [1.82, 2.24) is 5.32 Å². The molecule has 0 spiro atoms. The van der Waals surface area contributed by atoms with Crippen molar-refractivity contribution < 1.29 is 10.2 Å². The van der Waals surface area contributed by atoms with Gasteiger partial charge in [-0.3, -0.25) is 0 Å². The maximum Gasteiger partial charge on any atom is 0.120 e. The number of hydrogen-bond donors (Lipinski definition) is 4. The third-order valence-electron chi connectivity index (χ3n) is 9.42. The first-order chi connectivity index (χ1) is 25.8. The van der Waals surface area contributed by atoms with Crippen LogP contribution in [-0.4, -0.2) is 10.2 Å². The fourth-order valence-corrected chi connectivity index (χ4v) is 6.68. The molecule has 4 N–H and O–H groups in total. The molecule has 53 heavy (non-hydrogen) atoms. The van der Waals surface area contributed by atoms with Gasteiger partial charge >= 0.3 is 0 Å². The lowest BCUT2D eigenvalue weighted by Gasteiger charge is -2.40. The van der Waals surface area contributed by atoms with Crippen LogP contribution >= 0.6 is 0 Å². The number of phenols is 1. The summed E-state index contributed by atoms with van der Waals surface area (Å²) in [5.41, 5.74) is 8.46. The maximum absolute atomic E-state index is 11.7. The first kappa shape index (κ1) is 39.5. The van der Waals surface area contributed by atoms with Gasteiger partial charge < -0.3 is 20.8 Å². The van der Waals surface area contributed by atoms with Gasteiger partial charge in [-0.25, -0.2) is 0 Å². The van der Waals surface area contributed by atoms with Crippen molar-refractivity contribution in [3.8, 4) is 5.75 Å². The molecule has 0 aliphatic heterocycles. The fourth-order valence-electron chi connectivity index (χ4n) is 6.68. The first-order valence-electron chi connectivity index (χ1n) is 18.0. The highest BCUT2D eigenvalue weighted by Gasteiger charge is 2.41. The lowest BCUT2D eigenvalue weighted by molar-refractivity contribution is 0.431. The predicted octanol–water partition coefficient (Wildman–Crippen LogP) is 12.9. The second-order valence-electron chi connectivity index (χ2n) is 12.8. The van der Waals surface area contributed by atoms with Gasteiger partial charge in [0.25, 0.3) is 0 Å².